The van der Waals surface area contributed by atoms with Gasteiger partial charge in [0.25, 0.3) is 0 Å². The molecule has 84 valence electrons. The van der Waals surface area contributed by atoms with Crippen LogP contribution in [0.3, 0.4) is 0 Å². The first kappa shape index (κ1) is 12.4. The van der Waals surface area contributed by atoms with Crippen molar-refractivity contribution in [3.63, 3.8) is 0 Å². The van der Waals surface area contributed by atoms with Gasteiger partial charge in [-0.25, -0.2) is 0 Å². The zero-order valence-electron chi connectivity index (χ0n) is 8.84. The minimum atomic E-state index is -0.961. The van der Waals surface area contributed by atoms with Crippen molar-refractivity contribution in [3.05, 3.63) is 29.3 Å². The lowest BCUT2D eigenvalue weighted by Crippen LogP contribution is -2.20. The molecule has 1 aromatic carbocycles. The Kier molecular flexibility index (Phi) is 4.45. The van der Waals surface area contributed by atoms with Crippen LogP contribution in [0.15, 0.2) is 18.2 Å². The highest BCUT2D eigenvalue weighted by molar-refractivity contribution is 7.80. The molecule has 0 saturated carbocycles. The summed E-state index contributed by atoms with van der Waals surface area (Å²) in [5, 5.41) is 19.4. The number of aliphatic hydroxyl groups is 2. The maximum Gasteiger partial charge on any atom is 0.124 e. The number of benzene rings is 1. The van der Waals surface area contributed by atoms with Gasteiger partial charge in [0, 0.05) is 11.3 Å². The molecule has 3 nitrogen and oxygen atoms in total. The van der Waals surface area contributed by atoms with E-state index in [2.05, 4.69) is 12.6 Å². The third-order valence-electron chi connectivity index (χ3n) is 2.26. The summed E-state index contributed by atoms with van der Waals surface area (Å²) >= 11 is 3.94. The summed E-state index contributed by atoms with van der Waals surface area (Å²) in [6, 6.07) is 5.47. The Labute approximate surface area is 95.1 Å². The van der Waals surface area contributed by atoms with Crippen molar-refractivity contribution in [1.82, 2.24) is 0 Å². The number of methoxy groups -OCH3 is 1. The van der Waals surface area contributed by atoms with Gasteiger partial charge in [0.05, 0.1) is 13.2 Å². The van der Waals surface area contributed by atoms with Gasteiger partial charge in [0.2, 0.25) is 0 Å². The quantitative estimate of drug-likeness (QED) is 0.681. The fraction of sp³-hybridized carbons (Fsp3) is 0.455. The Morgan fingerprint density at radius 1 is 1.40 bits per heavy atom. The zero-order chi connectivity index (χ0) is 11.4. The number of hydrogen-bond acceptors (Lipinski definition) is 4. The van der Waals surface area contributed by atoms with Gasteiger partial charge in [0.1, 0.15) is 11.9 Å². The van der Waals surface area contributed by atoms with Crippen molar-refractivity contribution >= 4 is 12.6 Å². The van der Waals surface area contributed by atoms with Gasteiger partial charge in [-0.15, -0.1) is 0 Å². The van der Waals surface area contributed by atoms with Gasteiger partial charge in [-0.2, -0.15) is 12.6 Å². The van der Waals surface area contributed by atoms with E-state index in [9.17, 15) is 10.2 Å². The molecule has 0 heterocycles. The molecule has 0 aliphatic rings. The van der Waals surface area contributed by atoms with Gasteiger partial charge in [-0.3, -0.25) is 0 Å². The Morgan fingerprint density at radius 3 is 2.60 bits per heavy atom. The van der Waals surface area contributed by atoms with Crippen molar-refractivity contribution in [1.29, 1.82) is 0 Å². The molecule has 2 unspecified atom stereocenters. The molecule has 1 rings (SSSR count). The van der Waals surface area contributed by atoms with E-state index >= 15 is 0 Å². The Hall–Kier alpha value is -0.710. The van der Waals surface area contributed by atoms with E-state index in [1.54, 1.807) is 12.1 Å². The van der Waals surface area contributed by atoms with Crippen molar-refractivity contribution < 1.29 is 14.9 Å². The highest BCUT2D eigenvalue weighted by atomic mass is 32.1. The summed E-state index contributed by atoms with van der Waals surface area (Å²) in [4.78, 5) is 0. The van der Waals surface area contributed by atoms with Crippen LogP contribution in [0.5, 0.6) is 5.75 Å². The molecule has 15 heavy (non-hydrogen) atoms. The summed E-state index contributed by atoms with van der Waals surface area (Å²) in [6.07, 6.45) is -1.85. The number of hydrogen-bond donors (Lipinski definition) is 3. The summed E-state index contributed by atoms with van der Waals surface area (Å²) in [7, 11) is 1.54. The van der Waals surface area contributed by atoms with Crippen molar-refractivity contribution in [3.8, 4) is 5.75 Å². The number of aryl methyl sites for hydroxylation is 1. The molecular weight excluding hydrogens is 212 g/mol. The Morgan fingerprint density at radius 2 is 2.07 bits per heavy atom. The highest BCUT2D eigenvalue weighted by Gasteiger charge is 2.20. The average molecular weight is 228 g/mol. The molecule has 0 amide bonds. The van der Waals surface area contributed by atoms with Crippen LogP contribution in [-0.4, -0.2) is 29.2 Å². The topological polar surface area (TPSA) is 49.7 Å². The van der Waals surface area contributed by atoms with Crippen molar-refractivity contribution in [2.24, 2.45) is 0 Å². The first-order valence-corrected chi connectivity index (χ1v) is 5.35. The monoisotopic (exact) mass is 228 g/mol. The van der Waals surface area contributed by atoms with E-state index in [-0.39, 0.29) is 5.75 Å². The van der Waals surface area contributed by atoms with Crippen LogP contribution < -0.4 is 4.74 Å². The molecule has 0 spiro atoms. The molecule has 4 heteroatoms. The molecule has 0 aromatic heterocycles. The molecule has 1 aromatic rings. The van der Waals surface area contributed by atoms with E-state index < -0.39 is 12.2 Å². The lowest BCUT2D eigenvalue weighted by Gasteiger charge is -2.19. The van der Waals surface area contributed by atoms with Gasteiger partial charge >= 0.3 is 0 Å². The average Bonchev–Trinajstić information content (AvgIpc) is 2.27. The molecule has 0 radical (unpaired) electrons. The Balaban J connectivity index is 3.05. The maximum absolute atomic E-state index is 9.85. The minimum Gasteiger partial charge on any atom is -0.496 e. The summed E-state index contributed by atoms with van der Waals surface area (Å²) in [6.45, 7) is 1.92. The predicted octanol–water partition coefficient (Wildman–Crippen LogP) is 1.33. The second kappa shape index (κ2) is 5.39. The molecule has 0 aliphatic carbocycles. The third-order valence-corrected chi connectivity index (χ3v) is 2.63. The molecular formula is C11H16O3S. The first-order valence-electron chi connectivity index (χ1n) is 4.71. The maximum atomic E-state index is 9.85. The number of thiol groups is 1. The highest BCUT2D eigenvalue weighted by Crippen LogP contribution is 2.28. The number of aliphatic hydroxyl groups excluding tert-OH is 2. The van der Waals surface area contributed by atoms with Crippen LogP contribution in [0.2, 0.25) is 0 Å². The normalized spacial score (nSPS) is 14.7. The minimum absolute atomic E-state index is 0.207. The summed E-state index contributed by atoms with van der Waals surface area (Å²) in [5.41, 5.74) is 1.61. The fourth-order valence-corrected chi connectivity index (χ4v) is 1.59. The van der Waals surface area contributed by atoms with Crippen LogP contribution in [0, 0.1) is 6.92 Å². The van der Waals surface area contributed by atoms with Crippen molar-refractivity contribution in [2.75, 3.05) is 12.9 Å². The molecule has 2 N–H and O–H groups in total. The molecule has 2 atom stereocenters. The van der Waals surface area contributed by atoms with Crippen LogP contribution >= 0.6 is 12.6 Å². The van der Waals surface area contributed by atoms with Crippen LogP contribution in [0.4, 0.5) is 0 Å². The smallest absolute Gasteiger partial charge is 0.124 e. The second-order valence-corrected chi connectivity index (χ2v) is 3.81. The summed E-state index contributed by atoms with van der Waals surface area (Å²) in [5.74, 6) is 0.784. The largest absolute Gasteiger partial charge is 0.496 e. The van der Waals surface area contributed by atoms with Crippen LogP contribution in [-0.2, 0) is 0 Å². The molecule has 0 aliphatic heterocycles. The second-order valence-electron chi connectivity index (χ2n) is 3.44. The van der Waals surface area contributed by atoms with E-state index in [0.29, 0.717) is 11.3 Å². The van der Waals surface area contributed by atoms with Crippen LogP contribution in [0.1, 0.15) is 17.2 Å². The molecule has 0 saturated heterocycles. The van der Waals surface area contributed by atoms with E-state index in [0.717, 1.165) is 5.56 Å². The lowest BCUT2D eigenvalue weighted by atomic mass is 10.0. The zero-order valence-corrected chi connectivity index (χ0v) is 9.74. The summed E-state index contributed by atoms with van der Waals surface area (Å²) < 4.78 is 5.12. The lowest BCUT2D eigenvalue weighted by molar-refractivity contribution is 0.0322. The van der Waals surface area contributed by atoms with Gasteiger partial charge in [0.15, 0.2) is 0 Å². The Bertz CT molecular complexity index is 328. The standard InChI is InChI=1S/C11H16O3S/c1-7-3-4-10(14-2)8(5-7)11(13)9(12)6-15/h3-5,9,11-13,15H,6H2,1-2H3. The SMILES string of the molecule is COc1ccc(C)cc1C(O)C(O)CS. The van der Waals surface area contributed by atoms with Gasteiger partial charge in [-0.05, 0) is 19.1 Å². The third kappa shape index (κ3) is 2.87. The molecule has 0 fully saturated rings. The van der Waals surface area contributed by atoms with Crippen molar-refractivity contribution in [2.45, 2.75) is 19.1 Å². The van der Waals surface area contributed by atoms with E-state index in [1.807, 2.05) is 13.0 Å². The predicted molar refractivity (Wildman–Crippen MR) is 62.6 cm³/mol. The van der Waals surface area contributed by atoms with Gasteiger partial charge < -0.3 is 14.9 Å². The number of rotatable bonds is 4. The number of ether oxygens (including phenoxy) is 1. The van der Waals surface area contributed by atoms with E-state index in [4.69, 9.17) is 4.74 Å². The molecule has 0 bridgehead atoms. The van der Waals surface area contributed by atoms with Gasteiger partial charge in [-0.1, -0.05) is 11.6 Å². The fourth-order valence-electron chi connectivity index (χ4n) is 1.39. The van der Waals surface area contributed by atoms with E-state index in [1.165, 1.54) is 7.11 Å². The first-order chi connectivity index (χ1) is 7.10. The van der Waals surface area contributed by atoms with Crippen LogP contribution in [0.25, 0.3) is 0 Å².